The molecule has 0 aromatic heterocycles. The van der Waals surface area contributed by atoms with Gasteiger partial charge in [0.05, 0.1) is 18.8 Å². The SMILES string of the molecule is CCNC(=NCCNS(C)(=O)=O)NC(C)c1cccc(Cl)c1. The van der Waals surface area contributed by atoms with Crippen LogP contribution in [0, 0.1) is 0 Å². The maximum atomic E-state index is 11.0. The molecule has 1 aromatic rings. The van der Waals surface area contributed by atoms with Crippen molar-refractivity contribution in [2.75, 3.05) is 25.9 Å². The molecule has 0 saturated heterocycles. The highest BCUT2D eigenvalue weighted by molar-refractivity contribution is 7.88. The highest BCUT2D eigenvalue weighted by atomic mass is 35.5. The van der Waals surface area contributed by atoms with Crippen molar-refractivity contribution in [1.82, 2.24) is 15.4 Å². The predicted molar refractivity (Wildman–Crippen MR) is 91.8 cm³/mol. The summed E-state index contributed by atoms with van der Waals surface area (Å²) in [4.78, 5) is 4.34. The van der Waals surface area contributed by atoms with E-state index in [0.717, 1.165) is 11.8 Å². The Bertz CT molecular complexity index is 605. The van der Waals surface area contributed by atoms with Crippen LogP contribution in [0.5, 0.6) is 0 Å². The van der Waals surface area contributed by atoms with Gasteiger partial charge in [0, 0.05) is 18.1 Å². The summed E-state index contributed by atoms with van der Waals surface area (Å²) in [7, 11) is -3.18. The van der Waals surface area contributed by atoms with Gasteiger partial charge in [0.15, 0.2) is 5.96 Å². The van der Waals surface area contributed by atoms with Gasteiger partial charge in [0.2, 0.25) is 10.0 Å². The Morgan fingerprint density at radius 2 is 2.14 bits per heavy atom. The summed E-state index contributed by atoms with van der Waals surface area (Å²) in [6, 6.07) is 7.63. The van der Waals surface area contributed by atoms with Crippen LogP contribution in [0.4, 0.5) is 0 Å². The minimum atomic E-state index is -3.18. The zero-order valence-corrected chi connectivity index (χ0v) is 14.6. The molecule has 6 nitrogen and oxygen atoms in total. The summed E-state index contributed by atoms with van der Waals surface area (Å²) >= 11 is 5.99. The van der Waals surface area contributed by atoms with Crippen LogP contribution in [0.1, 0.15) is 25.5 Å². The summed E-state index contributed by atoms with van der Waals surface area (Å²) in [6.07, 6.45) is 1.13. The molecular weight excluding hydrogens is 324 g/mol. The van der Waals surface area contributed by atoms with Gasteiger partial charge in [0.1, 0.15) is 0 Å². The van der Waals surface area contributed by atoms with Crippen molar-refractivity contribution in [3.8, 4) is 0 Å². The molecular formula is C14H23ClN4O2S. The van der Waals surface area contributed by atoms with Gasteiger partial charge in [-0.25, -0.2) is 13.1 Å². The number of aliphatic imine (C=N–C) groups is 1. The van der Waals surface area contributed by atoms with Crippen LogP contribution in [-0.4, -0.2) is 40.3 Å². The van der Waals surface area contributed by atoms with Gasteiger partial charge >= 0.3 is 0 Å². The third-order valence-electron chi connectivity index (χ3n) is 2.79. The summed E-state index contributed by atoms with van der Waals surface area (Å²) in [5.74, 6) is 0.630. The van der Waals surface area contributed by atoms with Crippen molar-refractivity contribution < 1.29 is 8.42 Å². The summed E-state index contributed by atoms with van der Waals surface area (Å²) in [6.45, 7) is 5.31. The van der Waals surface area contributed by atoms with E-state index in [0.29, 0.717) is 24.1 Å². The number of nitrogens with one attached hydrogen (secondary N) is 3. The predicted octanol–water partition coefficient (Wildman–Crippen LogP) is 1.51. The summed E-state index contributed by atoms with van der Waals surface area (Å²) in [5.41, 5.74) is 1.05. The van der Waals surface area contributed by atoms with E-state index in [4.69, 9.17) is 11.6 Å². The standard InChI is InChI=1S/C14H23ClN4O2S/c1-4-16-14(17-8-9-18-22(3,20)21)19-11(2)12-6-5-7-13(15)10-12/h5-7,10-11,18H,4,8-9H2,1-3H3,(H2,16,17,19). The number of hydrogen-bond donors (Lipinski definition) is 3. The number of rotatable bonds is 7. The Labute approximate surface area is 137 Å². The second kappa shape index (κ2) is 8.97. The molecule has 0 aliphatic rings. The molecule has 3 N–H and O–H groups in total. The normalized spacial score (nSPS) is 13.7. The lowest BCUT2D eigenvalue weighted by atomic mass is 10.1. The molecule has 1 rings (SSSR count). The molecule has 0 amide bonds. The fraction of sp³-hybridized carbons (Fsp3) is 0.500. The molecule has 0 fully saturated rings. The van der Waals surface area contributed by atoms with E-state index in [1.165, 1.54) is 0 Å². The molecule has 0 heterocycles. The first-order chi connectivity index (χ1) is 10.3. The minimum absolute atomic E-state index is 0.0272. The number of halogens is 1. The third kappa shape index (κ3) is 7.63. The van der Waals surface area contributed by atoms with Crippen molar-refractivity contribution in [3.63, 3.8) is 0 Å². The first kappa shape index (κ1) is 18.7. The second-order valence-corrected chi connectivity index (χ2v) is 7.12. The van der Waals surface area contributed by atoms with Crippen LogP contribution < -0.4 is 15.4 Å². The highest BCUT2D eigenvalue weighted by Gasteiger charge is 2.08. The first-order valence-electron chi connectivity index (χ1n) is 7.06. The zero-order valence-electron chi connectivity index (χ0n) is 13.1. The van der Waals surface area contributed by atoms with Crippen molar-refractivity contribution >= 4 is 27.6 Å². The smallest absolute Gasteiger partial charge is 0.208 e. The highest BCUT2D eigenvalue weighted by Crippen LogP contribution is 2.17. The molecule has 1 atom stereocenters. The van der Waals surface area contributed by atoms with Gasteiger partial charge in [-0.3, -0.25) is 4.99 Å². The monoisotopic (exact) mass is 346 g/mol. The van der Waals surface area contributed by atoms with Crippen LogP contribution in [0.25, 0.3) is 0 Å². The number of nitrogens with zero attached hydrogens (tertiary/aromatic N) is 1. The van der Waals surface area contributed by atoms with Crippen LogP contribution in [0.3, 0.4) is 0 Å². The van der Waals surface area contributed by atoms with Gasteiger partial charge in [-0.2, -0.15) is 0 Å². The molecule has 0 bridgehead atoms. The lowest BCUT2D eigenvalue weighted by Crippen LogP contribution is -2.39. The van der Waals surface area contributed by atoms with E-state index >= 15 is 0 Å². The van der Waals surface area contributed by atoms with Crippen molar-refractivity contribution in [2.45, 2.75) is 19.9 Å². The van der Waals surface area contributed by atoms with Crippen molar-refractivity contribution in [3.05, 3.63) is 34.9 Å². The van der Waals surface area contributed by atoms with E-state index in [-0.39, 0.29) is 12.6 Å². The molecule has 0 spiro atoms. The molecule has 0 aliphatic heterocycles. The Kier molecular flexibility index (Phi) is 7.64. The van der Waals surface area contributed by atoms with Crippen LogP contribution in [0.15, 0.2) is 29.3 Å². The number of benzene rings is 1. The lowest BCUT2D eigenvalue weighted by molar-refractivity contribution is 0.588. The quantitative estimate of drug-likeness (QED) is 0.397. The van der Waals surface area contributed by atoms with Gasteiger partial charge in [-0.05, 0) is 31.5 Å². The molecule has 1 aromatic carbocycles. The van der Waals surface area contributed by atoms with Crippen molar-refractivity contribution in [2.24, 2.45) is 4.99 Å². The van der Waals surface area contributed by atoms with E-state index in [9.17, 15) is 8.42 Å². The second-order valence-electron chi connectivity index (χ2n) is 4.85. The maximum Gasteiger partial charge on any atom is 0.208 e. The summed E-state index contributed by atoms with van der Waals surface area (Å²) < 4.78 is 24.4. The van der Waals surface area contributed by atoms with E-state index in [1.807, 2.05) is 38.1 Å². The molecule has 0 aliphatic carbocycles. The number of guanidine groups is 1. The van der Waals surface area contributed by atoms with Crippen LogP contribution in [-0.2, 0) is 10.0 Å². The van der Waals surface area contributed by atoms with Crippen molar-refractivity contribution in [1.29, 1.82) is 0 Å². The fourth-order valence-electron chi connectivity index (χ4n) is 1.78. The van der Waals surface area contributed by atoms with E-state index in [2.05, 4.69) is 20.3 Å². The average molecular weight is 347 g/mol. The summed E-state index contributed by atoms with van der Waals surface area (Å²) in [5, 5.41) is 7.07. The first-order valence-corrected chi connectivity index (χ1v) is 9.33. The van der Waals surface area contributed by atoms with Gasteiger partial charge in [-0.1, -0.05) is 23.7 Å². The molecule has 0 saturated carbocycles. The van der Waals surface area contributed by atoms with Gasteiger partial charge in [0.25, 0.3) is 0 Å². The molecule has 22 heavy (non-hydrogen) atoms. The largest absolute Gasteiger partial charge is 0.357 e. The number of hydrogen-bond acceptors (Lipinski definition) is 3. The zero-order chi connectivity index (χ0) is 16.6. The molecule has 124 valence electrons. The molecule has 1 unspecified atom stereocenters. The Hall–Kier alpha value is -1.31. The maximum absolute atomic E-state index is 11.0. The number of sulfonamides is 1. The van der Waals surface area contributed by atoms with Crippen LogP contribution in [0.2, 0.25) is 5.02 Å². The third-order valence-corrected chi connectivity index (χ3v) is 3.76. The lowest BCUT2D eigenvalue weighted by Gasteiger charge is -2.18. The van der Waals surface area contributed by atoms with Gasteiger partial charge < -0.3 is 10.6 Å². The fourth-order valence-corrected chi connectivity index (χ4v) is 2.44. The topological polar surface area (TPSA) is 82.6 Å². The van der Waals surface area contributed by atoms with Crippen LogP contribution >= 0.6 is 11.6 Å². The molecule has 8 heteroatoms. The van der Waals surface area contributed by atoms with E-state index in [1.54, 1.807) is 0 Å². The molecule has 0 radical (unpaired) electrons. The Morgan fingerprint density at radius 1 is 1.41 bits per heavy atom. The minimum Gasteiger partial charge on any atom is -0.357 e. The van der Waals surface area contributed by atoms with Gasteiger partial charge in [-0.15, -0.1) is 0 Å². The Morgan fingerprint density at radius 3 is 2.73 bits per heavy atom. The van der Waals surface area contributed by atoms with E-state index < -0.39 is 10.0 Å². The Balaban J connectivity index is 2.62. The average Bonchev–Trinajstić information content (AvgIpc) is 2.42.